The molecule has 0 radical (unpaired) electrons. The molecule has 0 atom stereocenters. The van der Waals surface area contributed by atoms with Crippen molar-refractivity contribution in [3.05, 3.63) is 28.0 Å². The van der Waals surface area contributed by atoms with Crippen molar-refractivity contribution < 1.29 is 9.53 Å². The summed E-state index contributed by atoms with van der Waals surface area (Å²) in [4.78, 5) is 11.0. The third kappa shape index (κ3) is 2.20. The molecular formula is C9H10O2S. The van der Waals surface area contributed by atoms with E-state index in [4.69, 9.17) is 0 Å². The van der Waals surface area contributed by atoms with Gasteiger partial charge in [-0.15, -0.1) is 0 Å². The van der Waals surface area contributed by atoms with Crippen molar-refractivity contribution in [2.75, 3.05) is 7.11 Å². The van der Waals surface area contributed by atoms with E-state index in [0.717, 1.165) is 5.56 Å². The summed E-state index contributed by atoms with van der Waals surface area (Å²) in [5, 5.41) is 3.95. The molecular weight excluding hydrogens is 172 g/mol. The molecule has 1 rings (SSSR count). The van der Waals surface area contributed by atoms with Crippen LogP contribution in [0.15, 0.2) is 22.4 Å². The van der Waals surface area contributed by atoms with Gasteiger partial charge in [-0.25, -0.2) is 4.79 Å². The first-order valence-corrected chi connectivity index (χ1v) is 4.47. The van der Waals surface area contributed by atoms with Crippen molar-refractivity contribution in [2.24, 2.45) is 0 Å². The molecule has 1 heterocycles. The molecule has 1 aromatic rings. The Morgan fingerprint density at radius 1 is 1.67 bits per heavy atom. The van der Waals surface area contributed by atoms with Crippen LogP contribution in [0.5, 0.6) is 0 Å². The van der Waals surface area contributed by atoms with E-state index in [2.05, 4.69) is 4.74 Å². The van der Waals surface area contributed by atoms with Gasteiger partial charge in [0.1, 0.15) is 0 Å². The molecule has 0 spiro atoms. The summed E-state index contributed by atoms with van der Waals surface area (Å²) in [6.07, 6.45) is 1.81. The Hall–Kier alpha value is -1.09. The summed E-state index contributed by atoms with van der Waals surface area (Å²) >= 11 is 1.60. The average molecular weight is 182 g/mol. The number of carbonyl (C=O) groups is 1. The molecule has 3 heteroatoms. The highest BCUT2D eigenvalue weighted by Gasteiger charge is 2.02. The van der Waals surface area contributed by atoms with Crippen LogP contribution in [0, 0.1) is 0 Å². The fourth-order valence-corrected chi connectivity index (χ4v) is 1.45. The van der Waals surface area contributed by atoms with Crippen molar-refractivity contribution in [3.8, 4) is 0 Å². The molecule has 0 aliphatic heterocycles. The van der Waals surface area contributed by atoms with Gasteiger partial charge in [0.15, 0.2) is 0 Å². The summed E-state index contributed by atoms with van der Waals surface area (Å²) in [6.45, 7) is 1.74. The zero-order valence-electron chi connectivity index (χ0n) is 7.03. The van der Waals surface area contributed by atoms with Crippen LogP contribution in [0.3, 0.4) is 0 Å². The minimum absolute atomic E-state index is 0.277. The maximum atomic E-state index is 11.0. The standard InChI is InChI=1S/C9H10O2S/c1-7(9(10)11-2)5-8-3-4-12-6-8/h3-6H,1-2H3/b7-5+. The van der Waals surface area contributed by atoms with Crippen molar-refractivity contribution >= 4 is 23.4 Å². The highest BCUT2D eigenvalue weighted by atomic mass is 32.1. The molecule has 0 N–H and O–H groups in total. The third-order valence-corrected chi connectivity index (χ3v) is 2.14. The van der Waals surface area contributed by atoms with E-state index in [1.165, 1.54) is 7.11 Å². The molecule has 0 amide bonds. The Bertz CT molecular complexity index is 285. The van der Waals surface area contributed by atoms with Crippen molar-refractivity contribution in [2.45, 2.75) is 6.92 Å². The molecule has 0 aliphatic carbocycles. The van der Waals surface area contributed by atoms with Crippen LogP contribution in [0.4, 0.5) is 0 Å². The van der Waals surface area contributed by atoms with E-state index in [1.54, 1.807) is 18.3 Å². The largest absolute Gasteiger partial charge is 0.466 e. The van der Waals surface area contributed by atoms with Crippen molar-refractivity contribution in [1.82, 2.24) is 0 Å². The predicted octanol–water partition coefficient (Wildman–Crippen LogP) is 2.32. The fourth-order valence-electron chi connectivity index (χ4n) is 0.827. The summed E-state index contributed by atoms with van der Waals surface area (Å²) in [5.74, 6) is -0.277. The zero-order chi connectivity index (χ0) is 8.97. The lowest BCUT2D eigenvalue weighted by Crippen LogP contribution is -2.00. The lowest BCUT2D eigenvalue weighted by molar-refractivity contribution is -0.135. The third-order valence-electron chi connectivity index (χ3n) is 1.43. The minimum atomic E-state index is -0.277. The maximum Gasteiger partial charge on any atom is 0.333 e. The zero-order valence-corrected chi connectivity index (χ0v) is 7.85. The number of hydrogen-bond donors (Lipinski definition) is 0. The van der Waals surface area contributed by atoms with E-state index in [-0.39, 0.29) is 5.97 Å². The normalized spacial score (nSPS) is 11.3. The second-order valence-electron chi connectivity index (χ2n) is 2.38. The Balaban J connectivity index is 2.76. The number of methoxy groups -OCH3 is 1. The fraction of sp³-hybridized carbons (Fsp3) is 0.222. The molecule has 0 fully saturated rings. The molecule has 0 saturated carbocycles. The number of esters is 1. The summed E-state index contributed by atoms with van der Waals surface area (Å²) < 4.78 is 4.56. The van der Waals surface area contributed by atoms with Crippen LogP contribution in [0.2, 0.25) is 0 Å². The average Bonchev–Trinajstić information content (AvgIpc) is 2.55. The van der Waals surface area contributed by atoms with Gasteiger partial charge in [-0.3, -0.25) is 0 Å². The molecule has 0 saturated heterocycles. The van der Waals surface area contributed by atoms with E-state index in [1.807, 2.05) is 22.9 Å². The van der Waals surface area contributed by atoms with Crippen LogP contribution in [-0.4, -0.2) is 13.1 Å². The van der Waals surface area contributed by atoms with Crippen LogP contribution >= 0.6 is 11.3 Å². The van der Waals surface area contributed by atoms with Gasteiger partial charge < -0.3 is 4.74 Å². The molecule has 64 valence electrons. The molecule has 0 bridgehead atoms. The van der Waals surface area contributed by atoms with E-state index in [0.29, 0.717) is 5.57 Å². The summed E-state index contributed by atoms with van der Waals surface area (Å²) in [5.41, 5.74) is 1.67. The number of ether oxygens (including phenoxy) is 1. The molecule has 0 unspecified atom stereocenters. The Morgan fingerprint density at radius 2 is 2.42 bits per heavy atom. The predicted molar refractivity (Wildman–Crippen MR) is 50.0 cm³/mol. The molecule has 0 aromatic carbocycles. The van der Waals surface area contributed by atoms with Gasteiger partial charge in [-0.05, 0) is 35.4 Å². The smallest absolute Gasteiger partial charge is 0.333 e. The molecule has 1 aromatic heterocycles. The van der Waals surface area contributed by atoms with Gasteiger partial charge in [-0.1, -0.05) is 0 Å². The van der Waals surface area contributed by atoms with Gasteiger partial charge in [0.2, 0.25) is 0 Å². The van der Waals surface area contributed by atoms with E-state index in [9.17, 15) is 4.79 Å². The summed E-state index contributed by atoms with van der Waals surface area (Å²) in [7, 11) is 1.38. The van der Waals surface area contributed by atoms with Gasteiger partial charge in [-0.2, -0.15) is 11.3 Å². The lowest BCUT2D eigenvalue weighted by Gasteiger charge is -1.96. The monoisotopic (exact) mass is 182 g/mol. The second kappa shape index (κ2) is 4.07. The molecule has 0 aliphatic rings. The lowest BCUT2D eigenvalue weighted by atomic mass is 10.2. The van der Waals surface area contributed by atoms with E-state index >= 15 is 0 Å². The van der Waals surface area contributed by atoms with Crippen LogP contribution < -0.4 is 0 Å². The molecule has 12 heavy (non-hydrogen) atoms. The quantitative estimate of drug-likeness (QED) is 0.518. The number of carbonyl (C=O) groups excluding carboxylic acids is 1. The molecule has 2 nitrogen and oxygen atoms in total. The highest BCUT2D eigenvalue weighted by Crippen LogP contribution is 2.11. The number of thiophene rings is 1. The summed E-state index contributed by atoms with van der Waals surface area (Å²) in [6, 6.07) is 1.96. The van der Waals surface area contributed by atoms with Gasteiger partial charge in [0.05, 0.1) is 7.11 Å². The minimum Gasteiger partial charge on any atom is -0.466 e. The highest BCUT2D eigenvalue weighted by molar-refractivity contribution is 7.08. The van der Waals surface area contributed by atoms with Crippen LogP contribution in [-0.2, 0) is 9.53 Å². The van der Waals surface area contributed by atoms with Crippen molar-refractivity contribution in [3.63, 3.8) is 0 Å². The number of hydrogen-bond acceptors (Lipinski definition) is 3. The first-order valence-electron chi connectivity index (χ1n) is 3.53. The van der Waals surface area contributed by atoms with Gasteiger partial charge in [0.25, 0.3) is 0 Å². The number of rotatable bonds is 2. The second-order valence-corrected chi connectivity index (χ2v) is 3.16. The van der Waals surface area contributed by atoms with Crippen LogP contribution in [0.1, 0.15) is 12.5 Å². The first kappa shape index (κ1) is 9.00. The Morgan fingerprint density at radius 3 is 2.92 bits per heavy atom. The van der Waals surface area contributed by atoms with Gasteiger partial charge >= 0.3 is 5.97 Å². The topological polar surface area (TPSA) is 26.3 Å². The Labute approximate surface area is 75.5 Å². The van der Waals surface area contributed by atoms with E-state index < -0.39 is 0 Å². The first-order chi connectivity index (χ1) is 5.74. The van der Waals surface area contributed by atoms with Crippen molar-refractivity contribution in [1.29, 1.82) is 0 Å². The Kier molecular flexibility index (Phi) is 3.05. The SMILES string of the molecule is COC(=O)/C(C)=C/c1ccsc1. The van der Waals surface area contributed by atoms with Gasteiger partial charge in [0, 0.05) is 5.57 Å². The van der Waals surface area contributed by atoms with Crippen LogP contribution in [0.25, 0.3) is 6.08 Å². The maximum absolute atomic E-state index is 11.0.